The van der Waals surface area contributed by atoms with Crippen LogP contribution < -0.4 is 10.2 Å². The van der Waals surface area contributed by atoms with Crippen LogP contribution in [0.5, 0.6) is 0 Å². The molecule has 2 saturated heterocycles. The molecule has 0 radical (unpaired) electrons. The summed E-state index contributed by atoms with van der Waals surface area (Å²) in [4.78, 5) is 33.1. The fourth-order valence-electron chi connectivity index (χ4n) is 4.34. The maximum Gasteiger partial charge on any atom is 0.252 e. The number of carbonyl (C=O) groups excluding carboxylic acids is 2. The second-order valence-electron chi connectivity index (χ2n) is 8.44. The Morgan fingerprint density at radius 1 is 1.21 bits per heavy atom. The van der Waals surface area contributed by atoms with Crippen molar-refractivity contribution in [1.82, 2.24) is 15.2 Å². The van der Waals surface area contributed by atoms with Crippen LogP contribution in [0.25, 0.3) is 10.9 Å². The molecule has 2 aliphatic rings. The lowest BCUT2D eigenvalue weighted by molar-refractivity contribution is -0.129. The third kappa shape index (κ3) is 4.05. The number of alkyl halides is 1. The van der Waals surface area contributed by atoms with E-state index in [1.54, 1.807) is 24.4 Å². The van der Waals surface area contributed by atoms with Gasteiger partial charge in [0.1, 0.15) is 6.04 Å². The summed E-state index contributed by atoms with van der Waals surface area (Å²) in [5.41, 5.74) is 1.09. The van der Waals surface area contributed by atoms with Crippen molar-refractivity contribution in [3.8, 4) is 6.07 Å². The first kappa shape index (κ1) is 22.2. The molecule has 3 aromatic rings. The van der Waals surface area contributed by atoms with Crippen LogP contribution >= 0.6 is 11.8 Å². The number of aromatic nitrogens is 1. The molecule has 2 fully saturated rings. The van der Waals surface area contributed by atoms with Crippen molar-refractivity contribution in [2.75, 3.05) is 36.2 Å². The highest BCUT2D eigenvalue weighted by Crippen LogP contribution is 2.39. The van der Waals surface area contributed by atoms with Crippen molar-refractivity contribution in [3.05, 3.63) is 71.9 Å². The van der Waals surface area contributed by atoms with Gasteiger partial charge >= 0.3 is 0 Å². The van der Waals surface area contributed by atoms with Crippen LogP contribution in [0.1, 0.15) is 15.9 Å². The quantitative estimate of drug-likeness (QED) is 0.610. The summed E-state index contributed by atoms with van der Waals surface area (Å²) in [6.45, 7) is 0.272. The number of benzene rings is 2. The van der Waals surface area contributed by atoms with Crippen molar-refractivity contribution >= 4 is 40.2 Å². The van der Waals surface area contributed by atoms with Gasteiger partial charge in [0, 0.05) is 23.0 Å². The summed E-state index contributed by atoms with van der Waals surface area (Å²) >= 11 is 1.52. The predicted molar refractivity (Wildman–Crippen MR) is 129 cm³/mol. The van der Waals surface area contributed by atoms with E-state index in [1.165, 1.54) is 16.7 Å². The molecular formula is C25H22FN5O2S. The molecule has 0 bridgehead atoms. The molecule has 9 heteroatoms. The zero-order valence-electron chi connectivity index (χ0n) is 18.3. The third-order valence-electron chi connectivity index (χ3n) is 6.26. The number of hydrogen-bond acceptors (Lipinski definition) is 6. The Bertz CT molecular complexity index is 1290. The van der Waals surface area contributed by atoms with Gasteiger partial charge in [-0.3, -0.25) is 14.6 Å². The zero-order valence-corrected chi connectivity index (χ0v) is 19.1. The minimum absolute atomic E-state index is 0.186. The Morgan fingerprint density at radius 3 is 2.76 bits per heavy atom. The Kier molecular flexibility index (Phi) is 5.84. The van der Waals surface area contributed by atoms with E-state index < -0.39 is 17.6 Å². The lowest BCUT2D eigenvalue weighted by atomic mass is 9.87. The van der Waals surface area contributed by atoms with E-state index in [9.17, 15) is 14.9 Å². The maximum atomic E-state index is 15.3. The van der Waals surface area contributed by atoms with Crippen LogP contribution in [-0.2, 0) is 10.5 Å². The molecule has 0 aliphatic carbocycles. The summed E-state index contributed by atoms with van der Waals surface area (Å²) in [7, 11) is 0. The van der Waals surface area contributed by atoms with Crippen LogP contribution in [0.15, 0.2) is 60.8 Å². The maximum absolute atomic E-state index is 15.3. The van der Waals surface area contributed by atoms with Crippen LogP contribution in [0, 0.1) is 11.3 Å². The third-order valence-corrected chi connectivity index (χ3v) is 7.27. The lowest BCUT2D eigenvalue weighted by Gasteiger charge is -2.46. The summed E-state index contributed by atoms with van der Waals surface area (Å²) < 4.78 is 15.3. The average Bonchev–Trinajstić information content (AvgIpc) is 3.34. The zero-order chi connectivity index (χ0) is 23.7. The van der Waals surface area contributed by atoms with Gasteiger partial charge in [0.2, 0.25) is 5.91 Å². The van der Waals surface area contributed by atoms with Gasteiger partial charge in [-0.1, -0.05) is 30.3 Å². The Balaban J connectivity index is 1.31. The molecule has 3 heterocycles. The van der Waals surface area contributed by atoms with E-state index in [0.29, 0.717) is 33.7 Å². The standard InChI is InChI=1S/C25H22FN5O2S/c26-25(17-4-2-1-3-5-17)14-30(15-25)18-6-7-22-21(10-18)20(8-9-28-22)24(33)29-12-23(32)31-16-34-13-19(31)11-27/h1-10,19H,12-16H2,(H,29,33). The normalized spacial score (nSPS) is 18.9. The molecule has 2 aliphatic heterocycles. The summed E-state index contributed by atoms with van der Waals surface area (Å²) in [6.07, 6.45) is 1.55. The number of nitrogens with one attached hydrogen (secondary N) is 1. The minimum atomic E-state index is -1.40. The minimum Gasteiger partial charge on any atom is -0.364 e. The monoisotopic (exact) mass is 475 g/mol. The molecule has 1 atom stereocenters. The van der Waals surface area contributed by atoms with Gasteiger partial charge in [0.25, 0.3) is 5.91 Å². The van der Waals surface area contributed by atoms with Gasteiger partial charge in [-0.25, -0.2) is 4.39 Å². The summed E-state index contributed by atoms with van der Waals surface area (Å²) in [5.74, 6) is 0.342. The van der Waals surface area contributed by atoms with E-state index in [4.69, 9.17) is 0 Å². The predicted octanol–water partition coefficient (Wildman–Crippen LogP) is 3.07. The number of pyridine rings is 1. The first-order chi connectivity index (χ1) is 16.5. The molecule has 172 valence electrons. The number of nitriles is 1. The van der Waals surface area contributed by atoms with Crippen LogP contribution in [0.3, 0.4) is 0 Å². The average molecular weight is 476 g/mol. The molecule has 2 aromatic carbocycles. The number of nitrogens with zero attached hydrogens (tertiary/aromatic N) is 4. The van der Waals surface area contributed by atoms with Crippen LogP contribution in [-0.4, -0.2) is 59.0 Å². The number of amides is 2. The van der Waals surface area contributed by atoms with Crippen LogP contribution in [0.2, 0.25) is 0 Å². The van der Waals surface area contributed by atoms with Crippen molar-refractivity contribution in [1.29, 1.82) is 5.26 Å². The Labute approximate surface area is 200 Å². The van der Waals surface area contributed by atoms with E-state index in [0.717, 1.165) is 5.69 Å². The van der Waals surface area contributed by atoms with Gasteiger partial charge in [-0.15, -0.1) is 11.8 Å². The molecule has 0 saturated carbocycles. The topological polar surface area (TPSA) is 89.3 Å². The van der Waals surface area contributed by atoms with E-state index in [2.05, 4.69) is 16.4 Å². The Hall–Kier alpha value is -3.64. The van der Waals surface area contributed by atoms with E-state index in [1.807, 2.05) is 41.3 Å². The molecule has 1 aromatic heterocycles. The first-order valence-electron chi connectivity index (χ1n) is 10.9. The largest absolute Gasteiger partial charge is 0.364 e. The highest BCUT2D eigenvalue weighted by Gasteiger charge is 2.45. The fraction of sp³-hybridized carbons (Fsp3) is 0.280. The molecule has 2 amide bonds. The molecule has 5 rings (SSSR count). The van der Waals surface area contributed by atoms with Crippen molar-refractivity contribution in [3.63, 3.8) is 0 Å². The molecule has 7 nitrogen and oxygen atoms in total. The number of halogens is 1. The highest BCUT2D eigenvalue weighted by atomic mass is 32.2. The number of thioether (sulfide) groups is 1. The van der Waals surface area contributed by atoms with Crippen molar-refractivity contribution < 1.29 is 14.0 Å². The number of hydrogen-bond donors (Lipinski definition) is 1. The van der Waals surface area contributed by atoms with E-state index in [-0.39, 0.29) is 25.5 Å². The SMILES string of the molecule is N#CC1CSCN1C(=O)CNC(=O)c1ccnc2ccc(N3CC(F)(c4ccccc4)C3)cc12. The van der Waals surface area contributed by atoms with Gasteiger partial charge in [-0.05, 0) is 29.8 Å². The van der Waals surface area contributed by atoms with E-state index >= 15 is 4.39 Å². The molecule has 34 heavy (non-hydrogen) atoms. The lowest BCUT2D eigenvalue weighted by Crippen LogP contribution is -2.56. The molecular weight excluding hydrogens is 453 g/mol. The van der Waals surface area contributed by atoms with Gasteiger partial charge in [0.15, 0.2) is 5.67 Å². The molecule has 1 unspecified atom stereocenters. The van der Waals surface area contributed by atoms with Gasteiger partial charge in [-0.2, -0.15) is 5.26 Å². The summed E-state index contributed by atoms with van der Waals surface area (Å²) in [5, 5.41) is 12.5. The second kappa shape index (κ2) is 8.95. The molecule has 0 spiro atoms. The highest BCUT2D eigenvalue weighted by molar-refractivity contribution is 7.99. The fourth-order valence-corrected chi connectivity index (χ4v) is 5.44. The number of anilines is 1. The van der Waals surface area contributed by atoms with Crippen molar-refractivity contribution in [2.24, 2.45) is 0 Å². The van der Waals surface area contributed by atoms with Crippen LogP contribution in [0.4, 0.5) is 10.1 Å². The number of rotatable bonds is 5. The summed E-state index contributed by atoms with van der Waals surface area (Å²) in [6, 6.07) is 17.9. The number of fused-ring (bicyclic) bond motifs is 1. The number of carbonyl (C=O) groups is 2. The van der Waals surface area contributed by atoms with Gasteiger partial charge < -0.3 is 15.1 Å². The smallest absolute Gasteiger partial charge is 0.252 e. The first-order valence-corrected chi connectivity index (χ1v) is 12.1. The van der Waals surface area contributed by atoms with Gasteiger partial charge in [0.05, 0.1) is 42.7 Å². The molecule has 1 N–H and O–H groups in total. The second-order valence-corrected chi connectivity index (χ2v) is 9.44. The van der Waals surface area contributed by atoms with Crippen molar-refractivity contribution in [2.45, 2.75) is 11.7 Å². The Morgan fingerprint density at radius 2 is 2.00 bits per heavy atom.